The summed E-state index contributed by atoms with van der Waals surface area (Å²) < 4.78 is 12.6. The highest BCUT2D eigenvalue weighted by Crippen LogP contribution is 2.30. The molecule has 1 amide bonds. The van der Waals surface area contributed by atoms with Gasteiger partial charge in [-0.3, -0.25) is 4.79 Å². The second-order valence-corrected chi connectivity index (χ2v) is 7.39. The molecule has 0 spiro atoms. The van der Waals surface area contributed by atoms with Crippen molar-refractivity contribution >= 4 is 50.6 Å². The average molecular weight is 517 g/mol. The molecule has 5 nitrogen and oxygen atoms in total. The fourth-order valence-electron chi connectivity index (χ4n) is 2.20. The predicted octanol–water partition coefficient (Wildman–Crippen LogP) is 4.21. The molecule has 2 rings (SSSR count). The summed E-state index contributed by atoms with van der Waals surface area (Å²) in [7, 11) is 1.62. The van der Waals surface area contributed by atoms with Crippen molar-refractivity contribution in [2.24, 2.45) is 5.10 Å². The minimum Gasteiger partial charge on any atom is -0.496 e. The third-order valence-corrected chi connectivity index (χ3v) is 4.73. The summed E-state index contributed by atoms with van der Waals surface area (Å²) >= 11 is 5.63. The van der Waals surface area contributed by atoms with E-state index in [1.807, 2.05) is 44.2 Å². The lowest BCUT2D eigenvalue weighted by Gasteiger charge is -2.11. The second-order valence-electron chi connectivity index (χ2n) is 5.37. The molecule has 7 heteroatoms. The van der Waals surface area contributed by atoms with Crippen LogP contribution in [0.4, 0.5) is 0 Å². The summed E-state index contributed by atoms with van der Waals surface area (Å²) in [4.78, 5) is 11.9. The van der Waals surface area contributed by atoms with Crippen molar-refractivity contribution in [1.29, 1.82) is 0 Å². The van der Waals surface area contributed by atoms with E-state index in [1.54, 1.807) is 13.3 Å². The third kappa shape index (κ3) is 5.71. The fraction of sp³-hybridized carbons (Fsp3) is 0.222. The predicted molar refractivity (Wildman–Crippen MR) is 111 cm³/mol. The Hall–Kier alpha value is -1.61. The normalized spacial score (nSPS) is 10.8. The van der Waals surface area contributed by atoms with Crippen LogP contribution in [0.25, 0.3) is 0 Å². The van der Waals surface area contributed by atoms with E-state index in [0.717, 1.165) is 30.5 Å². The van der Waals surface area contributed by atoms with Crippen molar-refractivity contribution in [2.45, 2.75) is 13.8 Å². The van der Waals surface area contributed by atoms with E-state index in [-0.39, 0.29) is 12.5 Å². The van der Waals surface area contributed by atoms with Crippen LogP contribution in [0.15, 0.2) is 39.9 Å². The zero-order chi connectivity index (χ0) is 18.4. The van der Waals surface area contributed by atoms with Gasteiger partial charge < -0.3 is 9.47 Å². The number of nitrogens with zero attached hydrogens (tertiary/aromatic N) is 1. The first kappa shape index (κ1) is 19.7. The van der Waals surface area contributed by atoms with Gasteiger partial charge in [-0.2, -0.15) is 5.10 Å². The summed E-state index contributed by atoms with van der Waals surface area (Å²) in [5, 5.41) is 3.95. The molecule has 0 aliphatic heterocycles. The first-order valence-corrected chi connectivity index (χ1v) is 9.33. The average Bonchev–Trinajstić information content (AvgIpc) is 2.54. The second kappa shape index (κ2) is 9.19. The third-order valence-electron chi connectivity index (χ3n) is 3.30. The Bertz CT molecular complexity index is 786. The Balaban J connectivity index is 1.90. The van der Waals surface area contributed by atoms with Gasteiger partial charge >= 0.3 is 0 Å². The lowest BCUT2D eigenvalue weighted by molar-refractivity contribution is -0.123. The van der Waals surface area contributed by atoms with Gasteiger partial charge in [0.15, 0.2) is 6.61 Å². The lowest BCUT2D eigenvalue weighted by atomic mass is 10.1. The summed E-state index contributed by atoms with van der Waals surface area (Å²) in [6, 6.07) is 9.58. The minimum atomic E-state index is -0.327. The number of hydrogen-bond donors (Lipinski definition) is 1. The number of aryl methyl sites for hydroxylation is 2. The van der Waals surface area contributed by atoms with Crippen LogP contribution in [0.1, 0.15) is 16.7 Å². The Kier molecular flexibility index (Phi) is 7.24. The van der Waals surface area contributed by atoms with Crippen LogP contribution in [-0.2, 0) is 4.79 Å². The molecular formula is C18H18BrIN2O3. The highest BCUT2D eigenvalue weighted by Gasteiger charge is 2.09. The van der Waals surface area contributed by atoms with Crippen molar-refractivity contribution < 1.29 is 14.3 Å². The van der Waals surface area contributed by atoms with E-state index in [2.05, 4.69) is 49.0 Å². The van der Waals surface area contributed by atoms with Gasteiger partial charge in [-0.1, -0.05) is 6.07 Å². The Labute approximate surface area is 169 Å². The molecule has 0 aliphatic rings. The Morgan fingerprint density at radius 3 is 2.72 bits per heavy atom. The van der Waals surface area contributed by atoms with E-state index in [9.17, 15) is 4.79 Å². The van der Waals surface area contributed by atoms with Crippen molar-refractivity contribution in [3.8, 4) is 11.5 Å². The van der Waals surface area contributed by atoms with Gasteiger partial charge in [0.1, 0.15) is 11.5 Å². The van der Waals surface area contributed by atoms with Crippen LogP contribution in [-0.4, -0.2) is 25.8 Å². The van der Waals surface area contributed by atoms with Gasteiger partial charge in [0.2, 0.25) is 0 Å². The molecule has 2 aromatic rings. The van der Waals surface area contributed by atoms with Gasteiger partial charge in [0.25, 0.3) is 5.91 Å². The van der Waals surface area contributed by atoms with Gasteiger partial charge in [0.05, 0.1) is 21.4 Å². The zero-order valence-corrected chi connectivity index (χ0v) is 17.8. The molecule has 0 atom stereocenters. The molecule has 1 N–H and O–H groups in total. The molecule has 0 radical (unpaired) electrons. The number of carbonyl (C=O) groups excluding carboxylic acids is 1. The molecule has 0 aliphatic carbocycles. The van der Waals surface area contributed by atoms with Crippen LogP contribution in [0.3, 0.4) is 0 Å². The van der Waals surface area contributed by atoms with Crippen LogP contribution in [0.2, 0.25) is 0 Å². The Morgan fingerprint density at radius 1 is 1.32 bits per heavy atom. The molecule has 0 bridgehead atoms. The summed E-state index contributed by atoms with van der Waals surface area (Å²) in [5.41, 5.74) is 5.41. The standard InChI is InChI=1S/C18H18BrIN2O3/c1-11-6-12(2)18(14(19)7-11)25-10-17(23)22-21-9-13-4-5-16(24-3)15(20)8-13/h4-9H,10H2,1-3H3,(H,22,23)/b21-9+. The molecule has 2 aromatic carbocycles. The van der Waals surface area contributed by atoms with Gasteiger partial charge in [-0.05, 0) is 93.3 Å². The van der Waals surface area contributed by atoms with E-state index >= 15 is 0 Å². The van der Waals surface area contributed by atoms with E-state index < -0.39 is 0 Å². The maximum absolute atomic E-state index is 11.9. The molecule has 0 fully saturated rings. The van der Waals surface area contributed by atoms with Crippen molar-refractivity contribution in [3.63, 3.8) is 0 Å². The van der Waals surface area contributed by atoms with Gasteiger partial charge in [0, 0.05) is 0 Å². The molecule has 0 aromatic heterocycles. The maximum Gasteiger partial charge on any atom is 0.277 e. The summed E-state index contributed by atoms with van der Waals surface area (Å²) in [6.45, 7) is 3.83. The number of hydrazone groups is 1. The topological polar surface area (TPSA) is 59.9 Å². The summed E-state index contributed by atoms with van der Waals surface area (Å²) in [5.74, 6) is 1.13. The number of methoxy groups -OCH3 is 1. The number of amides is 1. The SMILES string of the molecule is COc1ccc(/C=N/NC(=O)COc2c(C)cc(C)cc2Br)cc1I. The van der Waals surface area contributed by atoms with Crippen LogP contribution < -0.4 is 14.9 Å². The lowest BCUT2D eigenvalue weighted by Crippen LogP contribution is -2.24. The van der Waals surface area contributed by atoms with E-state index in [0.29, 0.717) is 5.75 Å². The number of ether oxygens (including phenoxy) is 2. The number of rotatable bonds is 6. The number of nitrogens with one attached hydrogen (secondary N) is 1. The smallest absolute Gasteiger partial charge is 0.277 e. The minimum absolute atomic E-state index is 0.111. The largest absolute Gasteiger partial charge is 0.496 e. The van der Waals surface area contributed by atoms with Crippen molar-refractivity contribution in [1.82, 2.24) is 5.43 Å². The zero-order valence-electron chi connectivity index (χ0n) is 14.1. The molecule has 132 valence electrons. The molecule has 0 saturated carbocycles. The number of benzene rings is 2. The maximum atomic E-state index is 11.9. The van der Waals surface area contributed by atoms with Gasteiger partial charge in [-0.25, -0.2) is 5.43 Å². The van der Waals surface area contributed by atoms with E-state index in [1.165, 1.54) is 0 Å². The van der Waals surface area contributed by atoms with Crippen LogP contribution in [0.5, 0.6) is 11.5 Å². The van der Waals surface area contributed by atoms with Crippen molar-refractivity contribution in [2.75, 3.05) is 13.7 Å². The number of carbonyl (C=O) groups is 1. The van der Waals surface area contributed by atoms with Crippen LogP contribution >= 0.6 is 38.5 Å². The highest BCUT2D eigenvalue weighted by atomic mass is 127. The highest BCUT2D eigenvalue weighted by molar-refractivity contribution is 14.1. The summed E-state index contributed by atoms with van der Waals surface area (Å²) in [6.07, 6.45) is 1.58. The molecular weight excluding hydrogens is 499 g/mol. The first-order valence-electron chi connectivity index (χ1n) is 7.45. The molecule has 0 saturated heterocycles. The Morgan fingerprint density at radius 2 is 2.08 bits per heavy atom. The van der Waals surface area contributed by atoms with Crippen molar-refractivity contribution in [3.05, 3.63) is 55.1 Å². The van der Waals surface area contributed by atoms with Crippen LogP contribution in [0, 0.1) is 17.4 Å². The molecule has 0 heterocycles. The fourth-order valence-corrected chi connectivity index (χ4v) is 3.74. The molecule has 0 unspecified atom stereocenters. The number of hydrogen-bond acceptors (Lipinski definition) is 4. The first-order chi connectivity index (χ1) is 11.9. The molecule has 25 heavy (non-hydrogen) atoms. The quantitative estimate of drug-likeness (QED) is 0.355. The number of halogens is 2. The van der Waals surface area contributed by atoms with Gasteiger partial charge in [-0.15, -0.1) is 0 Å². The monoisotopic (exact) mass is 516 g/mol. The van der Waals surface area contributed by atoms with E-state index in [4.69, 9.17) is 9.47 Å².